The molecule has 0 radical (unpaired) electrons. The Morgan fingerprint density at radius 2 is 2.40 bits per heavy atom. The second kappa shape index (κ2) is 3.93. The van der Waals surface area contributed by atoms with Gasteiger partial charge in [-0.3, -0.25) is 4.79 Å². The largest absolute Gasteiger partial charge is 0.466 e. The van der Waals surface area contributed by atoms with E-state index < -0.39 is 0 Å². The lowest BCUT2D eigenvalue weighted by atomic mass is 10.0. The van der Waals surface area contributed by atoms with Crippen LogP contribution in [0.2, 0.25) is 0 Å². The highest BCUT2D eigenvalue weighted by atomic mass is 16.5. The Hall–Kier alpha value is -1.51. The molecule has 0 unspecified atom stereocenters. The van der Waals surface area contributed by atoms with Crippen molar-refractivity contribution in [2.75, 3.05) is 12.3 Å². The minimum Gasteiger partial charge on any atom is -0.466 e. The van der Waals surface area contributed by atoms with Gasteiger partial charge in [0.05, 0.1) is 12.5 Å². The van der Waals surface area contributed by atoms with Gasteiger partial charge in [-0.05, 0) is 43.0 Å². The lowest BCUT2D eigenvalue weighted by Gasteiger charge is -2.10. The van der Waals surface area contributed by atoms with Gasteiger partial charge in [0.15, 0.2) is 0 Å². The summed E-state index contributed by atoms with van der Waals surface area (Å²) in [6.45, 7) is 2.27. The third-order valence-corrected chi connectivity index (χ3v) is 2.82. The number of aryl methyl sites for hydroxylation is 1. The Labute approximate surface area is 89.2 Å². The molecule has 0 aliphatic heterocycles. The number of ether oxygens (including phenoxy) is 1. The molecular formula is C12H15NO2. The lowest BCUT2D eigenvalue weighted by molar-refractivity contribution is -0.144. The van der Waals surface area contributed by atoms with Crippen LogP contribution >= 0.6 is 0 Å². The van der Waals surface area contributed by atoms with Crippen molar-refractivity contribution < 1.29 is 9.53 Å². The van der Waals surface area contributed by atoms with E-state index in [-0.39, 0.29) is 11.9 Å². The molecule has 0 saturated carbocycles. The summed E-state index contributed by atoms with van der Waals surface area (Å²) >= 11 is 0. The van der Waals surface area contributed by atoms with Crippen LogP contribution in [-0.2, 0) is 16.0 Å². The monoisotopic (exact) mass is 205 g/mol. The fourth-order valence-electron chi connectivity index (χ4n) is 2.13. The van der Waals surface area contributed by atoms with Crippen LogP contribution in [0.15, 0.2) is 18.2 Å². The highest BCUT2D eigenvalue weighted by molar-refractivity contribution is 5.80. The zero-order chi connectivity index (χ0) is 10.8. The molecule has 1 aromatic rings. The van der Waals surface area contributed by atoms with Crippen molar-refractivity contribution in [1.29, 1.82) is 0 Å². The van der Waals surface area contributed by atoms with Gasteiger partial charge in [-0.25, -0.2) is 0 Å². The topological polar surface area (TPSA) is 52.3 Å². The van der Waals surface area contributed by atoms with Gasteiger partial charge in [-0.1, -0.05) is 6.07 Å². The van der Waals surface area contributed by atoms with Crippen molar-refractivity contribution >= 4 is 11.7 Å². The molecule has 0 saturated heterocycles. The average molecular weight is 205 g/mol. The zero-order valence-electron chi connectivity index (χ0n) is 8.82. The van der Waals surface area contributed by atoms with Crippen molar-refractivity contribution in [2.24, 2.45) is 0 Å². The summed E-state index contributed by atoms with van der Waals surface area (Å²) < 4.78 is 5.04. The molecule has 1 atom stereocenters. The smallest absolute Gasteiger partial charge is 0.313 e. The van der Waals surface area contributed by atoms with E-state index in [4.69, 9.17) is 10.5 Å². The molecule has 0 aromatic heterocycles. The molecule has 3 nitrogen and oxygen atoms in total. The first-order valence-corrected chi connectivity index (χ1v) is 5.27. The highest BCUT2D eigenvalue weighted by Crippen LogP contribution is 2.34. The van der Waals surface area contributed by atoms with Crippen LogP contribution < -0.4 is 5.73 Å². The van der Waals surface area contributed by atoms with Crippen LogP contribution in [0.1, 0.15) is 30.4 Å². The first-order chi connectivity index (χ1) is 7.22. The maximum atomic E-state index is 11.6. The SMILES string of the molecule is CCOC(=O)[C@@H]1CCc2cc(N)ccc21. The first-order valence-electron chi connectivity index (χ1n) is 5.27. The summed E-state index contributed by atoms with van der Waals surface area (Å²) in [4.78, 5) is 11.6. The van der Waals surface area contributed by atoms with Gasteiger partial charge in [0.25, 0.3) is 0 Å². The fourth-order valence-corrected chi connectivity index (χ4v) is 2.13. The molecule has 0 amide bonds. The number of nitrogens with two attached hydrogens (primary N) is 1. The van der Waals surface area contributed by atoms with Gasteiger partial charge < -0.3 is 10.5 Å². The van der Waals surface area contributed by atoms with Crippen LogP contribution in [0.5, 0.6) is 0 Å². The molecule has 2 rings (SSSR count). The van der Waals surface area contributed by atoms with Crippen LogP contribution in [-0.4, -0.2) is 12.6 Å². The van der Waals surface area contributed by atoms with Gasteiger partial charge in [0.1, 0.15) is 0 Å². The van der Waals surface area contributed by atoms with E-state index in [2.05, 4.69) is 0 Å². The van der Waals surface area contributed by atoms with Crippen LogP contribution in [0.3, 0.4) is 0 Å². The van der Waals surface area contributed by atoms with Gasteiger partial charge >= 0.3 is 5.97 Å². The third kappa shape index (κ3) is 1.82. The molecule has 3 heteroatoms. The predicted octanol–water partition coefficient (Wildman–Crippen LogP) is 1.86. The van der Waals surface area contributed by atoms with Crippen molar-refractivity contribution in [1.82, 2.24) is 0 Å². The summed E-state index contributed by atoms with van der Waals surface area (Å²) in [6.07, 6.45) is 1.77. The number of nitrogen functional groups attached to an aromatic ring is 1. The molecule has 1 aliphatic carbocycles. The van der Waals surface area contributed by atoms with E-state index in [0.29, 0.717) is 6.61 Å². The summed E-state index contributed by atoms with van der Waals surface area (Å²) in [6, 6.07) is 5.74. The predicted molar refractivity (Wildman–Crippen MR) is 58.5 cm³/mol. The van der Waals surface area contributed by atoms with Crippen LogP contribution in [0.4, 0.5) is 5.69 Å². The van der Waals surface area contributed by atoms with Gasteiger partial charge in [0, 0.05) is 5.69 Å². The molecule has 15 heavy (non-hydrogen) atoms. The van der Waals surface area contributed by atoms with E-state index >= 15 is 0 Å². The molecule has 80 valence electrons. The van der Waals surface area contributed by atoms with Gasteiger partial charge in [0.2, 0.25) is 0 Å². The third-order valence-electron chi connectivity index (χ3n) is 2.82. The van der Waals surface area contributed by atoms with E-state index in [0.717, 1.165) is 24.1 Å². The van der Waals surface area contributed by atoms with Gasteiger partial charge in [-0.2, -0.15) is 0 Å². The summed E-state index contributed by atoms with van der Waals surface area (Å²) in [5.74, 6) is -0.193. The Kier molecular flexibility index (Phi) is 2.62. The molecule has 1 aromatic carbocycles. The Balaban J connectivity index is 2.25. The molecule has 0 fully saturated rings. The minimum absolute atomic E-state index is 0.0828. The van der Waals surface area contributed by atoms with Crippen molar-refractivity contribution in [3.63, 3.8) is 0 Å². The minimum atomic E-state index is -0.110. The second-order valence-electron chi connectivity index (χ2n) is 3.80. The Morgan fingerprint density at radius 3 is 3.13 bits per heavy atom. The average Bonchev–Trinajstić information content (AvgIpc) is 2.60. The molecule has 0 spiro atoms. The van der Waals surface area contributed by atoms with E-state index in [1.54, 1.807) is 0 Å². The molecule has 0 bridgehead atoms. The van der Waals surface area contributed by atoms with Crippen LogP contribution in [0.25, 0.3) is 0 Å². The Bertz CT molecular complexity index is 387. The quantitative estimate of drug-likeness (QED) is 0.592. The number of benzene rings is 1. The van der Waals surface area contributed by atoms with Gasteiger partial charge in [-0.15, -0.1) is 0 Å². The first kappa shape index (κ1) is 10.0. The maximum absolute atomic E-state index is 11.6. The lowest BCUT2D eigenvalue weighted by Crippen LogP contribution is -2.13. The molecule has 0 heterocycles. The number of anilines is 1. The normalized spacial score (nSPS) is 18.6. The molecular weight excluding hydrogens is 190 g/mol. The number of carbonyl (C=O) groups excluding carboxylic acids is 1. The van der Waals surface area contributed by atoms with Crippen molar-refractivity contribution in [3.8, 4) is 0 Å². The number of hydrogen-bond donors (Lipinski definition) is 1. The second-order valence-corrected chi connectivity index (χ2v) is 3.80. The fraction of sp³-hybridized carbons (Fsp3) is 0.417. The van der Waals surface area contributed by atoms with E-state index in [1.165, 1.54) is 5.56 Å². The van der Waals surface area contributed by atoms with Crippen molar-refractivity contribution in [3.05, 3.63) is 29.3 Å². The number of esters is 1. The summed E-state index contributed by atoms with van der Waals surface area (Å²) in [5.41, 5.74) is 8.73. The number of carbonyl (C=O) groups is 1. The maximum Gasteiger partial charge on any atom is 0.313 e. The standard InChI is InChI=1S/C12H15NO2/c1-2-15-12(14)11-5-3-8-7-9(13)4-6-10(8)11/h4,6-7,11H,2-3,5,13H2,1H3/t11-/m1/s1. The summed E-state index contributed by atoms with van der Waals surface area (Å²) in [5, 5.41) is 0. The number of rotatable bonds is 2. The Morgan fingerprint density at radius 1 is 1.60 bits per heavy atom. The van der Waals surface area contributed by atoms with Crippen LogP contribution in [0, 0.1) is 0 Å². The zero-order valence-corrected chi connectivity index (χ0v) is 8.82. The van der Waals surface area contributed by atoms with E-state index in [1.807, 2.05) is 25.1 Å². The number of hydrogen-bond acceptors (Lipinski definition) is 3. The molecule has 1 aliphatic rings. The van der Waals surface area contributed by atoms with Crippen molar-refractivity contribution in [2.45, 2.75) is 25.7 Å². The highest BCUT2D eigenvalue weighted by Gasteiger charge is 2.29. The summed E-state index contributed by atoms with van der Waals surface area (Å²) in [7, 11) is 0. The number of fused-ring (bicyclic) bond motifs is 1. The van der Waals surface area contributed by atoms with E-state index in [9.17, 15) is 4.79 Å². The molecule has 2 N–H and O–H groups in total.